The molecule has 0 aromatic carbocycles. The van der Waals surface area contributed by atoms with Crippen LogP contribution in [0.4, 0.5) is 0 Å². The van der Waals surface area contributed by atoms with Gasteiger partial charge in [0, 0.05) is 7.11 Å². The molecule has 0 aromatic heterocycles. The molecule has 0 aliphatic carbocycles. The highest BCUT2D eigenvalue weighted by Gasteiger charge is 1.22. The molecule has 0 aliphatic heterocycles. The maximum Gasteiger partial charge on any atom is 0.549 e. The maximum absolute atomic E-state index is 8.40. The third kappa shape index (κ3) is 240. The first kappa shape index (κ1) is 8.84. The molecular formula is CH4O3Si. The zero-order valence-corrected chi connectivity index (χ0v) is 3.76. The summed E-state index contributed by atoms with van der Waals surface area (Å²) >= 11 is 0. The van der Waals surface area contributed by atoms with Crippen molar-refractivity contribution in [3.8, 4) is 0 Å². The molecule has 0 bridgehead atoms. The Morgan fingerprint density at radius 1 is 1.40 bits per heavy atom. The Hall–Kier alpha value is -0.223. The Morgan fingerprint density at radius 2 is 1.40 bits per heavy atom. The van der Waals surface area contributed by atoms with Crippen molar-refractivity contribution in [3.05, 3.63) is 0 Å². The van der Waals surface area contributed by atoms with Crippen LogP contribution in [0.25, 0.3) is 0 Å². The van der Waals surface area contributed by atoms with Gasteiger partial charge in [0.25, 0.3) is 0 Å². The summed E-state index contributed by atoms with van der Waals surface area (Å²) in [4.78, 5) is 0. The molecule has 0 aliphatic rings. The van der Waals surface area contributed by atoms with Crippen LogP contribution >= 0.6 is 0 Å². The van der Waals surface area contributed by atoms with Crippen LogP contribution in [-0.2, 0) is 8.92 Å². The fraction of sp³-hybridized carbons (Fsp3) is 1.00. The lowest BCUT2D eigenvalue weighted by molar-refractivity contribution is 0.399. The normalized spacial score (nSPS) is 2.80. The predicted octanol–water partition coefficient (Wildman–Crippen LogP) is -1.01. The van der Waals surface area contributed by atoms with Crippen molar-refractivity contribution in [2.45, 2.75) is 0 Å². The molecule has 5 heavy (non-hydrogen) atoms. The summed E-state index contributed by atoms with van der Waals surface area (Å²) in [5.41, 5.74) is 0. The Balaban J connectivity index is 0. The first-order valence-corrected chi connectivity index (χ1v) is 1.67. The van der Waals surface area contributed by atoms with E-state index in [9.17, 15) is 0 Å². The highest BCUT2D eigenvalue weighted by atomic mass is 28.2. The second kappa shape index (κ2) is 48.3. The van der Waals surface area contributed by atoms with Gasteiger partial charge in [-0.25, -0.2) is 0 Å². The monoisotopic (exact) mass is 92.0 g/mol. The van der Waals surface area contributed by atoms with Gasteiger partial charge in [-0.15, -0.1) is 0 Å². The van der Waals surface area contributed by atoms with Gasteiger partial charge in [-0.05, 0) is 0 Å². The van der Waals surface area contributed by atoms with Crippen LogP contribution in [0, 0.1) is 0 Å². The first-order chi connectivity index (χ1) is 2.41. The van der Waals surface area contributed by atoms with Gasteiger partial charge in [-0.1, -0.05) is 0 Å². The largest absolute Gasteiger partial charge is 0.549 e. The molecule has 0 aromatic rings. The number of hydrogen-bond donors (Lipinski definition) is 1. The summed E-state index contributed by atoms with van der Waals surface area (Å²) in [5.74, 6) is 0. The molecule has 0 atom stereocenters. The van der Waals surface area contributed by atoms with Crippen LogP contribution in [0.15, 0.2) is 0 Å². The predicted molar refractivity (Wildman–Crippen MR) is 15.3 cm³/mol. The quantitative estimate of drug-likeness (QED) is 0.389. The van der Waals surface area contributed by atoms with Crippen LogP contribution in [0.1, 0.15) is 0 Å². The van der Waals surface area contributed by atoms with Crippen molar-refractivity contribution in [2.24, 2.45) is 0 Å². The van der Waals surface area contributed by atoms with Gasteiger partial charge >= 0.3 is 9.29 Å². The molecule has 0 amide bonds. The van der Waals surface area contributed by atoms with Crippen LogP contribution < -0.4 is 0 Å². The van der Waals surface area contributed by atoms with Crippen molar-refractivity contribution in [2.75, 3.05) is 7.11 Å². The van der Waals surface area contributed by atoms with Crippen molar-refractivity contribution < 1.29 is 14.0 Å². The molecule has 0 rings (SSSR count). The second-order valence-corrected chi connectivity index (χ2v) is 0.250. The van der Waals surface area contributed by atoms with E-state index in [0.29, 0.717) is 0 Å². The average molecular weight is 92.1 g/mol. The van der Waals surface area contributed by atoms with E-state index in [1.54, 1.807) is 0 Å². The van der Waals surface area contributed by atoms with Crippen molar-refractivity contribution in [3.63, 3.8) is 0 Å². The maximum atomic E-state index is 8.40. The number of aliphatic hydroxyl groups excluding tert-OH is 1. The minimum Gasteiger partial charge on any atom is -0.400 e. The summed E-state index contributed by atoms with van der Waals surface area (Å²) < 4.78 is 16.8. The molecule has 0 radical (unpaired) electrons. The zero-order valence-electron chi connectivity index (χ0n) is 2.76. The highest BCUT2D eigenvalue weighted by Crippen LogP contribution is 0.760. The van der Waals surface area contributed by atoms with E-state index < -0.39 is 9.29 Å². The summed E-state index contributed by atoms with van der Waals surface area (Å²) in [6.45, 7) is 0. The smallest absolute Gasteiger partial charge is 0.400 e. The molecule has 0 fully saturated rings. The molecule has 0 spiro atoms. The van der Waals surface area contributed by atoms with Gasteiger partial charge in [0.1, 0.15) is 0 Å². The zero-order chi connectivity index (χ0) is 4.71. The third-order valence-electron chi connectivity index (χ3n) is 0. The van der Waals surface area contributed by atoms with Gasteiger partial charge < -0.3 is 5.11 Å². The summed E-state index contributed by atoms with van der Waals surface area (Å²) in [6, 6.07) is 0. The second-order valence-electron chi connectivity index (χ2n) is 0.0833. The SMILES string of the molecule is CO.O=[Si]=O. The molecule has 30 valence electrons. The van der Waals surface area contributed by atoms with E-state index in [1.807, 2.05) is 0 Å². The fourth-order valence-electron chi connectivity index (χ4n) is 0. The summed E-state index contributed by atoms with van der Waals surface area (Å²) in [7, 11) is -0.417. The Morgan fingerprint density at radius 3 is 1.40 bits per heavy atom. The molecule has 0 saturated carbocycles. The molecule has 0 unspecified atom stereocenters. The van der Waals surface area contributed by atoms with E-state index >= 15 is 0 Å². The van der Waals surface area contributed by atoms with Crippen molar-refractivity contribution >= 4 is 9.29 Å². The van der Waals surface area contributed by atoms with Gasteiger partial charge in [0.15, 0.2) is 0 Å². The lowest BCUT2D eigenvalue weighted by Gasteiger charge is -1.21. The minimum atomic E-state index is -1.42. The standard InChI is InChI=1S/CH4O.O2Si/c1-2;1-3-2/h2H,1H3;. The molecular weight excluding hydrogens is 88.1 g/mol. The fourth-order valence-corrected chi connectivity index (χ4v) is 0. The van der Waals surface area contributed by atoms with E-state index in [0.717, 1.165) is 7.11 Å². The van der Waals surface area contributed by atoms with Gasteiger partial charge in [0.05, 0.1) is 0 Å². The van der Waals surface area contributed by atoms with Crippen LogP contribution in [-0.4, -0.2) is 21.5 Å². The van der Waals surface area contributed by atoms with Gasteiger partial charge in [0.2, 0.25) is 0 Å². The topological polar surface area (TPSA) is 54.4 Å². The Labute approximate surface area is 31.6 Å². The van der Waals surface area contributed by atoms with E-state index in [4.69, 9.17) is 14.0 Å². The molecule has 0 heterocycles. The first-order valence-electron chi connectivity index (χ1n) is 0.855. The average Bonchev–Trinajstić information content (AvgIpc) is 1.46. The molecule has 3 nitrogen and oxygen atoms in total. The van der Waals surface area contributed by atoms with Crippen LogP contribution in [0.3, 0.4) is 0 Å². The third-order valence-corrected chi connectivity index (χ3v) is 0. The molecule has 1 N–H and O–H groups in total. The Bertz CT molecular complexity index is 27.9. The summed E-state index contributed by atoms with van der Waals surface area (Å²) in [6.07, 6.45) is 0. The molecule has 4 heteroatoms. The van der Waals surface area contributed by atoms with Gasteiger partial charge in [-0.3, -0.25) is 8.92 Å². The number of aliphatic hydroxyl groups is 1. The lowest BCUT2D eigenvalue weighted by Crippen LogP contribution is -1.26. The number of rotatable bonds is 0. The van der Waals surface area contributed by atoms with Crippen LogP contribution in [0.5, 0.6) is 0 Å². The van der Waals surface area contributed by atoms with Crippen molar-refractivity contribution in [1.82, 2.24) is 0 Å². The van der Waals surface area contributed by atoms with E-state index in [2.05, 4.69) is 0 Å². The van der Waals surface area contributed by atoms with E-state index in [1.165, 1.54) is 0 Å². The highest BCUT2D eigenvalue weighted by molar-refractivity contribution is 5.94. The van der Waals surface area contributed by atoms with Gasteiger partial charge in [-0.2, -0.15) is 0 Å². The summed E-state index contributed by atoms with van der Waals surface area (Å²) in [5, 5.41) is 7.00. The number of hydrogen-bond acceptors (Lipinski definition) is 3. The van der Waals surface area contributed by atoms with E-state index in [-0.39, 0.29) is 0 Å². The Kier molecular flexibility index (Phi) is 85.3. The minimum absolute atomic E-state index is 1.00. The van der Waals surface area contributed by atoms with Crippen LogP contribution in [0.2, 0.25) is 0 Å². The van der Waals surface area contributed by atoms with Crippen molar-refractivity contribution in [1.29, 1.82) is 0 Å². The lowest BCUT2D eigenvalue weighted by atomic mass is 11.8. The molecule has 0 saturated heterocycles.